The summed E-state index contributed by atoms with van der Waals surface area (Å²) in [4.78, 5) is 10.1. The zero-order valence-electron chi connectivity index (χ0n) is 7.49. The molecule has 0 bridgehead atoms. The molecule has 3 N–H and O–H groups in total. The number of nitrogens with two attached hydrogens (primary N) is 1. The van der Waals surface area contributed by atoms with Crippen molar-refractivity contribution in [2.75, 3.05) is 5.43 Å². The lowest BCUT2D eigenvalue weighted by Gasteiger charge is -2.01. The van der Waals surface area contributed by atoms with Crippen molar-refractivity contribution >= 4 is 12.0 Å². The number of nitrogens with one attached hydrogen (secondary N) is 1. The van der Waals surface area contributed by atoms with E-state index in [1.807, 2.05) is 24.3 Å². The number of aryl methyl sites for hydroxylation is 1. The first-order chi connectivity index (χ1) is 6.36. The molecule has 1 aromatic carbocycles. The quantitative estimate of drug-likeness (QED) is 0.311. The van der Waals surface area contributed by atoms with Crippen molar-refractivity contribution in [2.24, 2.45) is 5.84 Å². The molecule has 0 spiro atoms. The summed E-state index contributed by atoms with van der Waals surface area (Å²) in [6.45, 7) is 0. The van der Waals surface area contributed by atoms with Crippen LogP contribution in [0.3, 0.4) is 0 Å². The molecule has 3 nitrogen and oxygen atoms in total. The molecule has 0 amide bonds. The van der Waals surface area contributed by atoms with E-state index in [9.17, 15) is 4.79 Å². The van der Waals surface area contributed by atoms with E-state index in [0.29, 0.717) is 6.42 Å². The molecule has 3 heteroatoms. The van der Waals surface area contributed by atoms with Crippen LogP contribution in [0.5, 0.6) is 0 Å². The Labute approximate surface area is 77.9 Å². The van der Waals surface area contributed by atoms with Crippen LogP contribution in [-0.4, -0.2) is 6.29 Å². The number of unbranched alkanes of at least 4 members (excludes halogenated alkanes) is 1. The van der Waals surface area contributed by atoms with Crippen LogP contribution < -0.4 is 11.3 Å². The third-order valence-corrected chi connectivity index (χ3v) is 1.91. The van der Waals surface area contributed by atoms with Crippen LogP contribution in [0, 0.1) is 0 Å². The lowest BCUT2D eigenvalue weighted by atomic mass is 10.1. The smallest absolute Gasteiger partial charge is 0.120 e. The Kier molecular flexibility index (Phi) is 3.99. The number of hydrogen-bond donors (Lipinski definition) is 2. The van der Waals surface area contributed by atoms with Crippen LogP contribution in [0.15, 0.2) is 24.3 Å². The first-order valence-electron chi connectivity index (χ1n) is 4.36. The Hall–Kier alpha value is -1.35. The molecule has 0 unspecified atom stereocenters. The van der Waals surface area contributed by atoms with Gasteiger partial charge in [-0.15, -0.1) is 0 Å². The normalized spacial score (nSPS) is 9.62. The Morgan fingerprint density at radius 1 is 1.31 bits per heavy atom. The van der Waals surface area contributed by atoms with E-state index in [1.165, 1.54) is 5.56 Å². The molecule has 0 saturated carbocycles. The number of anilines is 1. The number of aldehydes is 1. The molecule has 0 radical (unpaired) electrons. The average Bonchev–Trinajstić information content (AvgIpc) is 2.19. The summed E-state index contributed by atoms with van der Waals surface area (Å²) in [7, 11) is 0. The number of benzene rings is 1. The van der Waals surface area contributed by atoms with Gasteiger partial charge in [0.15, 0.2) is 0 Å². The van der Waals surface area contributed by atoms with Gasteiger partial charge >= 0.3 is 0 Å². The molecule has 1 rings (SSSR count). The predicted molar refractivity (Wildman–Crippen MR) is 53.3 cm³/mol. The van der Waals surface area contributed by atoms with Crippen LogP contribution in [-0.2, 0) is 11.2 Å². The van der Waals surface area contributed by atoms with Crippen LogP contribution in [0.1, 0.15) is 18.4 Å². The van der Waals surface area contributed by atoms with E-state index >= 15 is 0 Å². The van der Waals surface area contributed by atoms with Crippen molar-refractivity contribution in [1.82, 2.24) is 0 Å². The van der Waals surface area contributed by atoms with Crippen molar-refractivity contribution in [3.8, 4) is 0 Å². The highest BCUT2D eigenvalue weighted by atomic mass is 16.1. The standard InChI is InChI=1S/C10H14N2O/c11-12-10-6-4-9(5-7-10)3-1-2-8-13/h4-8,12H,1-3,11H2. The fourth-order valence-electron chi connectivity index (χ4n) is 1.16. The molecule has 0 aliphatic rings. The first kappa shape index (κ1) is 9.74. The van der Waals surface area contributed by atoms with Gasteiger partial charge in [-0.3, -0.25) is 5.84 Å². The van der Waals surface area contributed by atoms with E-state index in [2.05, 4.69) is 5.43 Å². The van der Waals surface area contributed by atoms with Gasteiger partial charge in [0.2, 0.25) is 0 Å². The minimum absolute atomic E-state index is 0.636. The van der Waals surface area contributed by atoms with Gasteiger partial charge in [-0.1, -0.05) is 12.1 Å². The molecule has 1 aromatic rings. The predicted octanol–water partition coefficient (Wildman–Crippen LogP) is 1.49. The second kappa shape index (κ2) is 5.32. The molecule has 70 valence electrons. The minimum atomic E-state index is 0.636. The second-order valence-electron chi connectivity index (χ2n) is 2.90. The lowest BCUT2D eigenvalue weighted by molar-refractivity contribution is -0.107. The Bertz CT molecular complexity index is 256. The van der Waals surface area contributed by atoms with E-state index in [1.54, 1.807) is 0 Å². The summed E-state index contributed by atoms with van der Waals surface area (Å²) in [5.41, 5.74) is 4.70. The van der Waals surface area contributed by atoms with Crippen molar-refractivity contribution in [2.45, 2.75) is 19.3 Å². The maximum atomic E-state index is 10.1. The summed E-state index contributed by atoms with van der Waals surface area (Å²) in [5.74, 6) is 5.23. The summed E-state index contributed by atoms with van der Waals surface area (Å²) in [6, 6.07) is 7.88. The maximum absolute atomic E-state index is 10.1. The summed E-state index contributed by atoms with van der Waals surface area (Å²) in [6.07, 6.45) is 3.45. The minimum Gasteiger partial charge on any atom is -0.324 e. The monoisotopic (exact) mass is 178 g/mol. The van der Waals surface area contributed by atoms with E-state index < -0.39 is 0 Å². The third kappa shape index (κ3) is 3.25. The molecule has 0 saturated heterocycles. The SMILES string of the molecule is NNc1ccc(CCCC=O)cc1. The second-order valence-corrected chi connectivity index (χ2v) is 2.90. The largest absolute Gasteiger partial charge is 0.324 e. The number of hydrazine groups is 1. The van der Waals surface area contributed by atoms with Crippen LogP contribution in [0.25, 0.3) is 0 Å². The van der Waals surface area contributed by atoms with Crippen LogP contribution >= 0.6 is 0 Å². The fraction of sp³-hybridized carbons (Fsp3) is 0.300. The topological polar surface area (TPSA) is 55.1 Å². The van der Waals surface area contributed by atoms with Gasteiger partial charge in [0.1, 0.15) is 6.29 Å². The zero-order chi connectivity index (χ0) is 9.52. The summed E-state index contributed by atoms with van der Waals surface area (Å²) in [5, 5.41) is 0. The molecule has 0 aliphatic carbocycles. The van der Waals surface area contributed by atoms with Gasteiger partial charge < -0.3 is 10.2 Å². The molecular formula is C10H14N2O. The number of carbonyl (C=O) groups excluding carboxylic acids is 1. The molecule has 0 aromatic heterocycles. The molecule has 0 heterocycles. The zero-order valence-corrected chi connectivity index (χ0v) is 7.49. The highest BCUT2D eigenvalue weighted by molar-refractivity contribution is 5.49. The number of rotatable bonds is 5. The first-order valence-corrected chi connectivity index (χ1v) is 4.36. The third-order valence-electron chi connectivity index (χ3n) is 1.91. The van der Waals surface area contributed by atoms with Crippen molar-refractivity contribution in [1.29, 1.82) is 0 Å². The summed E-state index contributed by atoms with van der Waals surface area (Å²) >= 11 is 0. The van der Waals surface area contributed by atoms with E-state index in [4.69, 9.17) is 5.84 Å². The van der Waals surface area contributed by atoms with Gasteiger partial charge in [-0.05, 0) is 30.5 Å². The molecule has 0 aliphatic heterocycles. The van der Waals surface area contributed by atoms with Crippen molar-refractivity contribution < 1.29 is 4.79 Å². The molecule has 0 atom stereocenters. The highest BCUT2D eigenvalue weighted by Gasteiger charge is 1.93. The Morgan fingerprint density at radius 3 is 2.54 bits per heavy atom. The van der Waals surface area contributed by atoms with Gasteiger partial charge in [0.25, 0.3) is 0 Å². The van der Waals surface area contributed by atoms with Crippen molar-refractivity contribution in [3.05, 3.63) is 29.8 Å². The number of nitrogen functional groups attached to an aromatic ring is 1. The van der Waals surface area contributed by atoms with Crippen LogP contribution in [0.4, 0.5) is 5.69 Å². The molecular weight excluding hydrogens is 164 g/mol. The molecule has 13 heavy (non-hydrogen) atoms. The van der Waals surface area contributed by atoms with Gasteiger partial charge in [0, 0.05) is 12.1 Å². The Morgan fingerprint density at radius 2 is 2.00 bits per heavy atom. The Balaban J connectivity index is 2.44. The lowest BCUT2D eigenvalue weighted by Crippen LogP contribution is -2.06. The number of carbonyl (C=O) groups is 1. The maximum Gasteiger partial charge on any atom is 0.120 e. The van der Waals surface area contributed by atoms with Gasteiger partial charge in [0.05, 0.1) is 0 Å². The fourth-order valence-corrected chi connectivity index (χ4v) is 1.16. The average molecular weight is 178 g/mol. The number of hydrogen-bond acceptors (Lipinski definition) is 3. The van der Waals surface area contributed by atoms with E-state index in [0.717, 1.165) is 24.8 Å². The van der Waals surface area contributed by atoms with E-state index in [-0.39, 0.29) is 0 Å². The van der Waals surface area contributed by atoms with Gasteiger partial charge in [-0.2, -0.15) is 0 Å². The van der Waals surface area contributed by atoms with Gasteiger partial charge in [-0.25, -0.2) is 0 Å². The molecule has 0 fully saturated rings. The summed E-state index contributed by atoms with van der Waals surface area (Å²) < 4.78 is 0. The highest BCUT2D eigenvalue weighted by Crippen LogP contribution is 2.09. The van der Waals surface area contributed by atoms with Crippen LogP contribution in [0.2, 0.25) is 0 Å². The van der Waals surface area contributed by atoms with Crippen molar-refractivity contribution in [3.63, 3.8) is 0 Å².